The first kappa shape index (κ1) is 13.4. The van der Waals surface area contributed by atoms with E-state index >= 15 is 0 Å². The fraction of sp³-hybridized carbons (Fsp3) is 0.900. The van der Waals surface area contributed by atoms with Gasteiger partial charge in [0.25, 0.3) is 0 Å². The Labute approximate surface area is 86.2 Å². The average Bonchev–Trinajstić information content (AvgIpc) is 2.12. The number of carbonyl (C=O) groups excluding carboxylic acids is 1. The predicted molar refractivity (Wildman–Crippen MR) is 57.0 cm³/mol. The lowest BCUT2D eigenvalue weighted by atomic mass is 10.1. The molecule has 84 valence electrons. The normalized spacial score (nSPS) is 12.9. The van der Waals surface area contributed by atoms with E-state index in [4.69, 9.17) is 10.5 Å². The van der Waals surface area contributed by atoms with Crippen molar-refractivity contribution < 1.29 is 9.53 Å². The summed E-state index contributed by atoms with van der Waals surface area (Å²) >= 11 is 0. The number of carbonyl (C=O) groups is 1. The Kier molecular flexibility index (Phi) is 7.42. The number of nitrogens with one attached hydrogen (secondary N) is 1. The molecule has 14 heavy (non-hydrogen) atoms. The van der Waals surface area contributed by atoms with Crippen LogP contribution < -0.4 is 11.1 Å². The van der Waals surface area contributed by atoms with Gasteiger partial charge < -0.3 is 15.8 Å². The van der Waals surface area contributed by atoms with Crippen LogP contribution in [0.1, 0.15) is 33.6 Å². The Hall–Kier alpha value is -0.610. The van der Waals surface area contributed by atoms with Crippen molar-refractivity contribution in [1.29, 1.82) is 0 Å². The number of esters is 1. The summed E-state index contributed by atoms with van der Waals surface area (Å²) in [4.78, 5) is 11.5. The molecular formula is C10H22N2O2. The van der Waals surface area contributed by atoms with Gasteiger partial charge in [-0.15, -0.1) is 0 Å². The third kappa shape index (κ3) is 5.94. The Bertz CT molecular complexity index is 160. The summed E-state index contributed by atoms with van der Waals surface area (Å²) in [6, 6.07) is 0.0701. The van der Waals surface area contributed by atoms with Gasteiger partial charge in [-0.25, -0.2) is 0 Å². The van der Waals surface area contributed by atoms with E-state index in [9.17, 15) is 4.79 Å². The second kappa shape index (κ2) is 7.76. The fourth-order valence-corrected chi connectivity index (χ4v) is 1.24. The quantitative estimate of drug-likeness (QED) is 0.595. The van der Waals surface area contributed by atoms with Crippen LogP contribution in [-0.4, -0.2) is 31.2 Å². The van der Waals surface area contributed by atoms with Crippen LogP contribution in [0.2, 0.25) is 0 Å². The molecule has 0 aliphatic rings. The molecule has 4 heteroatoms. The van der Waals surface area contributed by atoms with Gasteiger partial charge in [0.05, 0.1) is 6.61 Å². The van der Waals surface area contributed by atoms with Crippen molar-refractivity contribution in [1.82, 2.24) is 5.32 Å². The van der Waals surface area contributed by atoms with E-state index in [1.807, 2.05) is 20.8 Å². The second-order valence-corrected chi connectivity index (χ2v) is 3.56. The first-order chi connectivity index (χ1) is 6.61. The van der Waals surface area contributed by atoms with Crippen LogP contribution in [0.5, 0.6) is 0 Å². The van der Waals surface area contributed by atoms with Gasteiger partial charge >= 0.3 is 5.97 Å². The van der Waals surface area contributed by atoms with E-state index in [0.717, 1.165) is 12.8 Å². The van der Waals surface area contributed by atoms with Crippen LogP contribution in [0.15, 0.2) is 0 Å². The molecule has 3 N–H and O–H groups in total. The highest BCUT2D eigenvalue weighted by Crippen LogP contribution is 2.00. The maximum Gasteiger partial charge on any atom is 0.323 e. The molecule has 1 unspecified atom stereocenters. The maximum atomic E-state index is 11.5. The van der Waals surface area contributed by atoms with Gasteiger partial charge in [0.1, 0.15) is 6.04 Å². The van der Waals surface area contributed by atoms with E-state index in [-0.39, 0.29) is 18.1 Å². The molecule has 0 radical (unpaired) electrons. The highest BCUT2D eigenvalue weighted by molar-refractivity contribution is 5.75. The van der Waals surface area contributed by atoms with E-state index < -0.39 is 0 Å². The van der Waals surface area contributed by atoms with Crippen LogP contribution in [0.25, 0.3) is 0 Å². The zero-order chi connectivity index (χ0) is 11.0. The average molecular weight is 202 g/mol. The molecule has 0 aliphatic heterocycles. The summed E-state index contributed by atoms with van der Waals surface area (Å²) in [5.41, 5.74) is 5.40. The SMILES string of the molecule is CCOC(=O)C(CCCN)NC(C)C. The van der Waals surface area contributed by atoms with Gasteiger partial charge in [0.2, 0.25) is 0 Å². The summed E-state index contributed by atoms with van der Waals surface area (Å²) in [7, 11) is 0. The van der Waals surface area contributed by atoms with E-state index in [0.29, 0.717) is 13.2 Å². The van der Waals surface area contributed by atoms with Gasteiger partial charge in [-0.2, -0.15) is 0 Å². The molecule has 0 aromatic carbocycles. The van der Waals surface area contributed by atoms with Crippen LogP contribution in [0, 0.1) is 0 Å². The summed E-state index contributed by atoms with van der Waals surface area (Å²) in [5.74, 6) is -0.172. The third-order valence-corrected chi connectivity index (χ3v) is 1.80. The van der Waals surface area contributed by atoms with Crippen LogP contribution in [-0.2, 0) is 9.53 Å². The molecule has 0 heterocycles. The van der Waals surface area contributed by atoms with Crippen molar-refractivity contribution in [2.24, 2.45) is 5.73 Å². The molecule has 0 aliphatic carbocycles. The fourth-order valence-electron chi connectivity index (χ4n) is 1.24. The van der Waals surface area contributed by atoms with Crippen molar-refractivity contribution in [3.63, 3.8) is 0 Å². The molecule has 0 amide bonds. The molecule has 0 aromatic heterocycles. The number of nitrogens with two attached hydrogens (primary N) is 1. The zero-order valence-electron chi connectivity index (χ0n) is 9.38. The molecule has 0 saturated carbocycles. The smallest absolute Gasteiger partial charge is 0.323 e. The van der Waals surface area contributed by atoms with Crippen molar-refractivity contribution >= 4 is 5.97 Å². The standard InChI is InChI=1S/C10H22N2O2/c1-4-14-10(13)9(6-5-7-11)12-8(2)3/h8-9,12H,4-7,11H2,1-3H3. The van der Waals surface area contributed by atoms with Crippen molar-refractivity contribution in [3.8, 4) is 0 Å². The Morgan fingerprint density at radius 1 is 1.50 bits per heavy atom. The van der Waals surface area contributed by atoms with Crippen molar-refractivity contribution in [3.05, 3.63) is 0 Å². The third-order valence-electron chi connectivity index (χ3n) is 1.80. The summed E-state index contributed by atoms with van der Waals surface area (Å²) < 4.78 is 4.96. The molecule has 1 atom stereocenters. The molecule has 4 nitrogen and oxygen atoms in total. The first-order valence-corrected chi connectivity index (χ1v) is 5.24. The maximum absolute atomic E-state index is 11.5. The lowest BCUT2D eigenvalue weighted by Crippen LogP contribution is -2.42. The molecular weight excluding hydrogens is 180 g/mol. The Balaban J connectivity index is 4.01. The molecule has 0 saturated heterocycles. The molecule has 0 spiro atoms. The van der Waals surface area contributed by atoms with Crippen LogP contribution in [0.4, 0.5) is 0 Å². The zero-order valence-corrected chi connectivity index (χ0v) is 9.38. The summed E-state index contributed by atoms with van der Waals surface area (Å²) in [5, 5.41) is 3.17. The molecule has 0 aromatic rings. The van der Waals surface area contributed by atoms with Gasteiger partial charge in [0, 0.05) is 6.04 Å². The summed E-state index contributed by atoms with van der Waals surface area (Å²) in [6.45, 7) is 6.87. The van der Waals surface area contributed by atoms with Crippen LogP contribution in [0.3, 0.4) is 0 Å². The molecule has 0 fully saturated rings. The largest absolute Gasteiger partial charge is 0.465 e. The van der Waals surface area contributed by atoms with E-state index in [1.165, 1.54) is 0 Å². The van der Waals surface area contributed by atoms with Gasteiger partial charge in [-0.05, 0) is 26.3 Å². The Morgan fingerprint density at radius 3 is 2.57 bits per heavy atom. The predicted octanol–water partition coefficient (Wildman–Crippen LogP) is 0.655. The second-order valence-electron chi connectivity index (χ2n) is 3.56. The first-order valence-electron chi connectivity index (χ1n) is 5.24. The highest BCUT2D eigenvalue weighted by atomic mass is 16.5. The van der Waals surface area contributed by atoms with Gasteiger partial charge in [-0.1, -0.05) is 13.8 Å². The lowest BCUT2D eigenvalue weighted by Gasteiger charge is -2.19. The minimum atomic E-state index is -0.210. The number of ether oxygens (including phenoxy) is 1. The topological polar surface area (TPSA) is 64.3 Å². The van der Waals surface area contributed by atoms with Gasteiger partial charge in [-0.3, -0.25) is 4.79 Å². The lowest BCUT2D eigenvalue weighted by molar-refractivity contribution is -0.146. The number of rotatable bonds is 7. The minimum Gasteiger partial charge on any atom is -0.465 e. The van der Waals surface area contributed by atoms with E-state index in [1.54, 1.807) is 0 Å². The van der Waals surface area contributed by atoms with Crippen LogP contribution >= 0.6 is 0 Å². The molecule has 0 rings (SSSR count). The van der Waals surface area contributed by atoms with Crippen molar-refractivity contribution in [2.45, 2.75) is 45.7 Å². The Morgan fingerprint density at radius 2 is 2.14 bits per heavy atom. The summed E-state index contributed by atoms with van der Waals surface area (Å²) in [6.07, 6.45) is 1.58. The van der Waals surface area contributed by atoms with Crippen molar-refractivity contribution in [2.75, 3.05) is 13.2 Å². The van der Waals surface area contributed by atoms with Gasteiger partial charge in [0.15, 0.2) is 0 Å². The molecule has 0 bridgehead atoms. The number of hydrogen-bond donors (Lipinski definition) is 2. The monoisotopic (exact) mass is 202 g/mol. The van der Waals surface area contributed by atoms with E-state index in [2.05, 4.69) is 5.32 Å². The minimum absolute atomic E-state index is 0.172. The number of hydrogen-bond acceptors (Lipinski definition) is 4. The highest BCUT2D eigenvalue weighted by Gasteiger charge is 2.19.